The second kappa shape index (κ2) is 7.65. The monoisotopic (exact) mass is 395 g/mol. The van der Waals surface area contributed by atoms with Crippen molar-refractivity contribution in [3.63, 3.8) is 0 Å². The number of rotatable bonds is 4. The number of aliphatic hydroxyl groups is 1. The minimum atomic E-state index is -0.697. The highest BCUT2D eigenvalue weighted by atomic mass is 16.5. The fourth-order valence-corrected chi connectivity index (χ4v) is 3.60. The molecular weight excluding hydrogens is 374 g/mol. The van der Waals surface area contributed by atoms with Crippen molar-refractivity contribution in [2.24, 2.45) is 0 Å². The van der Waals surface area contributed by atoms with Crippen LogP contribution in [0.3, 0.4) is 0 Å². The van der Waals surface area contributed by atoms with Crippen LogP contribution in [-0.2, 0) is 4.74 Å². The number of amides is 1. The average molecular weight is 395 g/mol. The second-order valence-corrected chi connectivity index (χ2v) is 7.17. The zero-order valence-corrected chi connectivity index (χ0v) is 15.8. The molecule has 2 aromatic carbocycles. The number of carbonyl (C=O) groups excluding carboxylic acids is 1. The van der Waals surface area contributed by atoms with Gasteiger partial charge in [-0.1, -0.05) is 30.3 Å². The minimum absolute atomic E-state index is 0.284. The van der Waals surface area contributed by atoms with Gasteiger partial charge in [-0.15, -0.1) is 0 Å². The van der Waals surface area contributed by atoms with Gasteiger partial charge in [0.1, 0.15) is 12.3 Å². The molecule has 0 bridgehead atoms. The van der Waals surface area contributed by atoms with E-state index in [1.807, 2.05) is 36.4 Å². The summed E-state index contributed by atoms with van der Waals surface area (Å²) in [6.07, 6.45) is 0.352. The van der Waals surface area contributed by atoms with Crippen LogP contribution in [0.1, 0.15) is 28.6 Å². The number of nitrogens with zero attached hydrogens (tertiary/aromatic N) is 1. The molecule has 3 N–H and O–H groups in total. The summed E-state index contributed by atoms with van der Waals surface area (Å²) in [6, 6.07) is 12.7. The summed E-state index contributed by atoms with van der Waals surface area (Å²) in [4.78, 5) is 38.7. The first kappa shape index (κ1) is 19.1. The molecule has 8 heteroatoms. The number of hydrogen-bond acceptors (Lipinski definition) is 5. The Balaban J connectivity index is 1.54. The maximum atomic E-state index is 12.8. The number of fused-ring (bicyclic) bond motifs is 1. The highest BCUT2D eigenvalue weighted by Gasteiger charge is 2.37. The molecule has 1 aliphatic rings. The topological polar surface area (TPSA) is 113 Å². The molecule has 1 fully saturated rings. The first-order chi connectivity index (χ1) is 14.0. The zero-order chi connectivity index (χ0) is 20.5. The zero-order valence-electron chi connectivity index (χ0n) is 15.8. The smallest absolute Gasteiger partial charge is 0.330 e. The Morgan fingerprint density at radius 2 is 2.00 bits per heavy atom. The van der Waals surface area contributed by atoms with Gasteiger partial charge in [0.2, 0.25) is 0 Å². The molecule has 2 heterocycles. The third kappa shape index (κ3) is 3.72. The normalized spacial score (nSPS) is 21.4. The van der Waals surface area contributed by atoms with E-state index in [1.165, 1.54) is 10.8 Å². The van der Waals surface area contributed by atoms with Gasteiger partial charge in [-0.25, -0.2) is 4.79 Å². The molecule has 29 heavy (non-hydrogen) atoms. The molecule has 0 aliphatic carbocycles. The van der Waals surface area contributed by atoms with Crippen molar-refractivity contribution >= 4 is 16.7 Å². The van der Waals surface area contributed by atoms with Crippen molar-refractivity contribution in [2.45, 2.75) is 31.7 Å². The van der Waals surface area contributed by atoms with Gasteiger partial charge in [-0.2, -0.15) is 0 Å². The third-order valence-electron chi connectivity index (χ3n) is 5.20. The van der Waals surface area contributed by atoms with E-state index in [4.69, 9.17) is 4.74 Å². The number of aromatic nitrogens is 2. The Kier molecular flexibility index (Phi) is 5.04. The maximum Gasteiger partial charge on any atom is 0.330 e. The average Bonchev–Trinajstić information content (AvgIpc) is 3.12. The molecule has 1 saturated heterocycles. The molecule has 0 radical (unpaired) electrons. The van der Waals surface area contributed by atoms with Gasteiger partial charge in [-0.3, -0.25) is 19.1 Å². The lowest BCUT2D eigenvalue weighted by Gasteiger charge is -2.17. The molecule has 1 aromatic heterocycles. The SMILES string of the molecule is Cc1cn([C@H]2C[C@H](NC(=O)c3ccc4ccccc4c3)[C@@H](CO)O2)c(=O)[nH]c1=O. The van der Waals surface area contributed by atoms with Crippen LogP contribution >= 0.6 is 0 Å². The molecule has 1 amide bonds. The Morgan fingerprint density at radius 1 is 1.24 bits per heavy atom. The van der Waals surface area contributed by atoms with E-state index in [2.05, 4.69) is 10.3 Å². The van der Waals surface area contributed by atoms with E-state index in [0.29, 0.717) is 11.1 Å². The molecule has 150 valence electrons. The Bertz CT molecular complexity index is 1180. The van der Waals surface area contributed by atoms with Crippen LogP contribution in [0.5, 0.6) is 0 Å². The van der Waals surface area contributed by atoms with Gasteiger partial charge in [-0.05, 0) is 29.8 Å². The predicted molar refractivity (Wildman–Crippen MR) is 107 cm³/mol. The van der Waals surface area contributed by atoms with Gasteiger partial charge >= 0.3 is 5.69 Å². The van der Waals surface area contributed by atoms with Crippen LogP contribution < -0.4 is 16.6 Å². The highest BCUT2D eigenvalue weighted by Crippen LogP contribution is 2.28. The first-order valence-corrected chi connectivity index (χ1v) is 9.34. The minimum Gasteiger partial charge on any atom is -0.394 e. The fraction of sp³-hybridized carbons (Fsp3) is 0.286. The first-order valence-electron chi connectivity index (χ1n) is 9.34. The third-order valence-corrected chi connectivity index (χ3v) is 5.20. The van der Waals surface area contributed by atoms with Gasteiger partial charge in [0.25, 0.3) is 11.5 Å². The molecule has 0 saturated carbocycles. The summed E-state index contributed by atoms with van der Waals surface area (Å²) in [5, 5.41) is 14.6. The number of ether oxygens (including phenoxy) is 1. The predicted octanol–water partition coefficient (Wildman–Crippen LogP) is 1.08. The summed E-state index contributed by atoms with van der Waals surface area (Å²) >= 11 is 0. The molecule has 0 spiro atoms. The van der Waals surface area contributed by atoms with Gasteiger partial charge < -0.3 is 15.2 Å². The lowest BCUT2D eigenvalue weighted by molar-refractivity contribution is -0.0288. The number of aliphatic hydroxyl groups excluding tert-OH is 1. The standard InChI is InChI=1S/C21H21N3O5/c1-12-10-24(21(28)23-19(12)26)18-9-16(17(11-25)29-18)22-20(27)15-7-6-13-4-2-3-5-14(13)8-15/h2-8,10,16-18,25H,9,11H2,1H3,(H,22,27)(H,23,26,28)/t16-,17+,18+/m0/s1. The summed E-state index contributed by atoms with van der Waals surface area (Å²) in [5.74, 6) is -0.284. The number of benzene rings is 2. The second-order valence-electron chi connectivity index (χ2n) is 7.17. The van der Waals surface area contributed by atoms with Crippen LogP contribution in [-0.4, -0.2) is 39.3 Å². The van der Waals surface area contributed by atoms with Gasteiger partial charge in [0.05, 0.1) is 12.6 Å². The number of aromatic amines is 1. The summed E-state index contributed by atoms with van der Waals surface area (Å²) in [6.45, 7) is 1.28. The summed E-state index contributed by atoms with van der Waals surface area (Å²) < 4.78 is 7.05. The largest absolute Gasteiger partial charge is 0.394 e. The number of carbonyl (C=O) groups is 1. The van der Waals surface area contributed by atoms with Crippen molar-refractivity contribution in [3.05, 3.63) is 80.6 Å². The van der Waals surface area contributed by atoms with Crippen LogP contribution in [0.2, 0.25) is 0 Å². The maximum absolute atomic E-state index is 12.8. The molecular formula is C21H21N3O5. The number of H-pyrrole nitrogens is 1. The number of aryl methyl sites for hydroxylation is 1. The Hall–Kier alpha value is -3.23. The number of nitrogens with one attached hydrogen (secondary N) is 2. The molecule has 8 nitrogen and oxygen atoms in total. The lowest BCUT2D eigenvalue weighted by atomic mass is 10.1. The van der Waals surface area contributed by atoms with Crippen molar-refractivity contribution in [2.75, 3.05) is 6.61 Å². The van der Waals surface area contributed by atoms with Gasteiger partial charge in [0, 0.05) is 23.7 Å². The molecule has 3 atom stereocenters. The van der Waals surface area contributed by atoms with Gasteiger partial charge in [0.15, 0.2) is 0 Å². The fourth-order valence-electron chi connectivity index (χ4n) is 3.60. The van der Waals surface area contributed by atoms with E-state index >= 15 is 0 Å². The van der Waals surface area contributed by atoms with Crippen molar-refractivity contribution in [3.8, 4) is 0 Å². The highest BCUT2D eigenvalue weighted by molar-refractivity contribution is 5.98. The van der Waals surface area contributed by atoms with E-state index in [-0.39, 0.29) is 18.9 Å². The molecule has 4 rings (SSSR count). The Labute approximate surface area is 165 Å². The molecule has 3 aromatic rings. The van der Waals surface area contributed by atoms with Crippen LogP contribution in [0.4, 0.5) is 0 Å². The Morgan fingerprint density at radius 3 is 2.76 bits per heavy atom. The van der Waals surface area contributed by atoms with Crippen LogP contribution in [0, 0.1) is 6.92 Å². The van der Waals surface area contributed by atoms with E-state index < -0.39 is 29.6 Å². The molecule has 0 unspecified atom stereocenters. The van der Waals surface area contributed by atoms with E-state index in [1.54, 1.807) is 13.0 Å². The van der Waals surface area contributed by atoms with Crippen molar-refractivity contribution in [1.29, 1.82) is 0 Å². The van der Waals surface area contributed by atoms with E-state index in [0.717, 1.165) is 10.8 Å². The van der Waals surface area contributed by atoms with Crippen molar-refractivity contribution in [1.82, 2.24) is 14.9 Å². The molecule has 1 aliphatic heterocycles. The van der Waals surface area contributed by atoms with Crippen LogP contribution in [0.15, 0.2) is 58.3 Å². The lowest BCUT2D eigenvalue weighted by Crippen LogP contribution is -2.42. The summed E-state index contributed by atoms with van der Waals surface area (Å²) in [5.41, 5.74) is -0.175. The summed E-state index contributed by atoms with van der Waals surface area (Å²) in [7, 11) is 0. The number of hydrogen-bond donors (Lipinski definition) is 3. The van der Waals surface area contributed by atoms with Crippen LogP contribution in [0.25, 0.3) is 10.8 Å². The van der Waals surface area contributed by atoms with E-state index in [9.17, 15) is 19.5 Å². The quantitative estimate of drug-likeness (QED) is 0.612. The van der Waals surface area contributed by atoms with Crippen molar-refractivity contribution < 1.29 is 14.6 Å².